The molecule has 132 valence electrons. The van der Waals surface area contributed by atoms with Crippen LogP contribution in [0.2, 0.25) is 0 Å². The number of hydrogen-bond acceptors (Lipinski definition) is 5. The van der Waals surface area contributed by atoms with Crippen molar-refractivity contribution in [3.63, 3.8) is 0 Å². The Labute approximate surface area is 150 Å². The van der Waals surface area contributed by atoms with Crippen LogP contribution in [0.1, 0.15) is 24.6 Å². The van der Waals surface area contributed by atoms with Gasteiger partial charge in [-0.05, 0) is 43.0 Å². The minimum absolute atomic E-state index is 0.0844. The van der Waals surface area contributed by atoms with Gasteiger partial charge in [0.2, 0.25) is 0 Å². The van der Waals surface area contributed by atoms with Gasteiger partial charge in [-0.15, -0.1) is 10.2 Å². The van der Waals surface area contributed by atoms with Crippen LogP contribution < -0.4 is 10.6 Å². The average molecular weight is 349 g/mol. The summed E-state index contributed by atoms with van der Waals surface area (Å²) in [5.41, 5.74) is 2.46. The van der Waals surface area contributed by atoms with Crippen molar-refractivity contribution < 1.29 is 4.79 Å². The van der Waals surface area contributed by atoms with Crippen LogP contribution in [-0.2, 0) is 7.05 Å². The zero-order valence-corrected chi connectivity index (χ0v) is 14.3. The maximum Gasteiger partial charge on any atom is 0.320 e. The van der Waals surface area contributed by atoms with E-state index in [-0.39, 0.29) is 12.1 Å². The molecule has 0 aliphatic heterocycles. The minimum atomic E-state index is -0.309. The summed E-state index contributed by atoms with van der Waals surface area (Å²) in [6.07, 6.45) is 7.52. The van der Waals surface area contributed by atoms with Crippen molar-refractivity contribution in [2.24, 2.45) is 13.0 Å². The molecule has 0 aromatic carbocycles. The number of nitrogens with zero attached hydrogens (tertiary/aromatic N) is 5. The fraction of sp³-hybridized carbons (Fsp3) is 0.278. The highest BCUT2D eigenvalue weighted by molar-refractivity contribution is 5.88. The van der Waals surface area contributed by atoms with E-state index in [1.807, 2.05) is 31.4 Å². The third-order valence-electron chi connectivity index (χ3n) is 4.29. The van der Waals surface area contributed by atoms with Crippen LogP contribution >= 0.6 is 0 Å². The summed E-state index contributed by atoms with van der Waals surface area (Å²) in [5.74, 6) is 0.834. The van der Waals surface area contributed by atoms with Gasteiger partial charge in [-0.1, -0.05) is 6.07 Å². The monoisotopic (exact) mass is 349 g/mol. The van der Waals surface area contributed by atoms with Gasteiger partial charge < -0.3 is 5.32 Å². The van der Waals surface area contributed by atoms with E-state index in [1.165, 1.54) is 0 Å². The van der Waals surface area contributed by atoms with E-state index in [0.29, 0.717) is 17.4 Å². The predicted molar refractivity (Wildman–Crippen MR) is 96.1 cm³/mol. The van der Waals surface area contributed by atoms with Gasteiger partial charge in [-0.25, -0.2) is 4.79 Å². The Morgan fingerprint density at radius 2 is 2.12 bits per heavy atom. The Balaban J connectivity index is 1.41. The predicted octanol–water partition coefficient (Wildman–Crippen LogP) is 2.54. The highest BCUT2D eigenvalue weighted by Gasteiger charge is 2.34. The number of urea groups is 1. The van der Waals surface area contributed by atoms with E-state index >= 15 is 0 Å². The molecule has 3 aromatic heterocycles. The molecule has 3 heterocycles. The number of nitrogens with one attached hydrogen (secondary N) is 2. The Morgan fingerprint density at radius 1 is 1.23 bits per heavy atom. The van der Waals surface area contributed by atoms with Crippen molar-refractivity contribution in [1.82, 2.24) is 30.3 Å². The molecule has 0 bridgehead atoms. The minimum Gasteiger partial charge on any atom is -0.329 e. The second-order valence-electron chi connectivity index (χ2n) is 6.37. The Bertz CT molecular complexity index is 887. The first-order valence-corrected chi connectivity index (χ1v) is 8.50. The summed E-state index contributed by atoms with van der Waals surface area (Å²) in [4.78, 5) is 16.7. The van der Waals surface area contributed by atoms with E-state index in [0.717, 1.165) is 24.1 Å². The van der Waals surface area contributed by atoms with Gasteiger partial charge in [0.05, 0.1) is 23.6 Å². The van der Waals surface area contributed by atoms with Gasteiger partial charge in [0.1, 0.15) is 0 Å². The maximum atomic E-state index is 12.4. The van der Waals surface area contributed by atoms with Crippen LogP contribution in [0.4, 0.5) is 10.6 Å². The first-order valence-electron chi connectivity index (χ1n) is 8.50. The van der Waals surface area contributed by atoms with Crippen molar-refractivity contribution in [2.45, 2.75) is 18.9 Å². The van der Waals surface area contributed by atoms with Crippen molar-refractivity contribution >= 4 is 11.8 Å². The van der Waals surface area contributed by atoms with Gasteiger partial charge in [0.25, 0.3) is 0 Å². The molecule has 3 aromatic rings. The van der Waals surface area contributed by atoms with Crippen molar-refractivity contribution in [3.05, 3.63) is 54.6 Å². The highest BCUT2D eigenvalue weighted by Crippen LogP contribution is 2.40. The summed E-state index contributed by atoms with van der Waals surface area (Å²) < 4.78 is 1.70. The average Bonchev–Trinajstić information content (AvgIpc) is 3.41. The van der Waals surface area contributed by atoms with Crippen LogP contribution in [0.25, 0.3) is 11.3 Å². The second-order valence-corrected chi connectivity index (χ2v) is 6.37. The topological polar surface area (TPSA) is 97.6 Å². The van der Waals surface area contributed by atoms with E-state index in [1.54, 1.807) is 29.2 Å². The maximum absolute atomic E-state index is 12.4. The third-order valence-corrected chi connectivity index (χ3v) is 4.29. The second kappa shape index (κ2) is 6.91. The third kappa shape index (κ3) is 3.69. The zero-order chi connectivity index (χ0) is 17.9. The number of aromatic nitrogens is 5. The zero-order valence-electron chi connectivity index (χ0n) is 14.3. The van der Waals surface area contributed by atoms with Crippen LogP contribution in [0.3, 0.4) is 0 Å². The Kier molecular flexibility index (Phi) is 4.30. The fourth-order valence-electron chi connectivity index (χ4n) is 2.82. The molecule has 1 atom stereocenters. The first-order chi connectivity index (χ1) is 12.7. The summed E-state index contributed by atoms with van der Waals surface area (Å²) in [6, 6.07) is 8.87. The molecule has 1 saturated carbocycles. The molecule has 8 heteroatoms. The molecule has 1 unspecified atom stereocenters. The lowest BCUT2D eigenvalue weighted by Crippen LogP contribution is -2.34. The van der Waals surface area contributed by atoms with Crippen molar-refractivity contribution in [1.29, 1.82) is 0 Å². The standard InChI is InChI=1S/C18H19N7O/c1-25-11-13(10-20-25)14-7-8-16(24-23-14)21-18(26)22-17(12-5-6-12)15-4-2-3-9-19-15/h2-4,7-12,17H,5-6H2,1H3,(H2,21,22,24,26). The molecular formula is C18H19N7O. The summed E-state index contributed by atoms with van der Waals surface area (Å²) in [7, 11) is 1.84. The molecule has 2 N–H and O–H groups in total. The summed E-state index contributed by atoms with van der Waals surface area (Å²) in [6.45, 7) is 0. The van der Waals surface area contributed by atoms with Gasteiger partial charge in [-0.2, -0.15) is 5.10 Å². The number of amides is 2. The molecule has 2 amide bonds. The van der Waals surface area contributed by atoms with Crippen LogP contribution in [0, 0.1) is 5.92 Å². The van der Waals surface area contributed by atoms with Crippen molar-refractivity contribution in [2.75, 3.05) is 5.32 Å². The van der Waals surface area contributed by atoms with E-state index in [9.17, 15) is 4.79 Å². The lowest BCUT2D eigenvalue weighted by Gasteiger charge is -2.17. The van der Waals surface area contributed by atoms with E-state index in [4.69, 9.17) is 0 Å². The number of aryl methyl sites for hydroxylation is 1. The first kappa shape index (κ1) is 16.2. The molecule has 0 radical (unpaired) electrons. The fourth-order valence-corrected chi connectivity index (χ4v) is 2.82. The smallest absolute Gasteiger partial charge is 0.320 e. The van der Waals surface area contributed by atoms with Crippen LogP contribution in [0.5, 0.6) is 0 Å². The lowest BCUT2D eigenvalue weighted by molar-refractivity contribution is 0.246. The number of hydrogen-bond donors (Lipinski definition) is 2. The molecule has 1 fully saturated rings. The molecule has 4 rings (SSSR count). The quantitative estimate of drug-likeness (QED) is 0.738. The van der Waals surface area contributed by atoms with Crippen LogP contribution in [0.15, 0.2) is 48.9 Å². The molecule has 0 spiro atoms. The number of carbonyl (C=O) groups excluding carboxylic acids is 1. The molecule has 1 aliphatic rings. The Hall–Kier alpha value is -3.29. The largest absolute Gasteiger partial charge is 0.329 e. The number of pyridine rings is 1. The SMILES string of the molecule is Cn1cc(-c2ccc(NC(=O)NC(c3ccccn3)C3CC3)nn2)cn1. The van der Waals surface area contributed by atoms with E-state index in [2.05, 4.69) is 30.9 Å². The number of carbonyl (C=O) groups is 1. The Morgan fingerprint density at radius 3 is 2.73 bits per heavy atom. The summed E-state index contributed by atoms with van der Waals surface area (Å²) >= 11 is 0. The van der Waals surface area contributed by atoms with E-state index < -0.39 is 0 Å². The molecule has 26 heavy (non-hydrogen) atoms. The van der Waals surface area contributed by atoms with Gasteiger partial charge in [0, 0.05) is 25.0 Å². The highest BCUT2D eigenvalue weighted by atomic mass is 16.2. The lowest BCUT2D eigenvalue weighted by atomic mass is 10.1. The number of anilines is 1. The van der Waals surface area contributed by atoms with Gasteiger partial charge in [0.15, 0.2) is 5.82 Å². The number of rotatable bonds is 5. The summed E-state index contributed by atoms with van der Waals surface area (Å²) in [5, 5.41) is 18.1. The van der Waals surface area contributed by atoms with Crippen molar-refractivity contribution in [3.8, 4) is 11.3 Å². The molecule has 8 nitrogen and oxygen atoms in total. The normalized spacial score (nSPS) is 14.7. The molecule has 1 aliphatic carbocycles. The van der Waals surface area contributed by atoms with Crippen LogP contribution in [-0.4, -0.2) is 31.0 Å². The molecule has 0 saturated heterocycles. The molecular weight excluding hydrogens is 330 g/mol. The van der Waals surface area contributed by atoms with Gasteiger partial charge in [-0.3, -0.25) is 15.0 Å². The van der Waals surface area contributed by atoms with Gasteiger partial charge >= 0.3 is 6.03 Å².